The summed E-state index contributed by atoms with van der Waals surface area (Å²) in [6, 6.07) is 2.37. The molecule has 2 N–H and O–H groups in total. The molecule has 8 heteroatoms. The Bertz CT molecular complexity index is 562. The molecule has 0 aliphatic carbocycles. The molecule has 0 saturated carbocycles. The van der Waals surface area contributed by atoms with Gasteiger partial charge in [-0.3, -0.25) is 14.9 Å². The molecule has 0 spiro atoms. The van der Waals surface area contributed by atoms with Crippen LogP contribution in [0, 0.1) is 0 Å². The average Bonchev–Trinajstić information content (AvgIpc) is 2.47. The van der Waals surface area contributed by atoms with Crippen molar-refractivity contribution in [3.8, 4) is 11.5 Å². The summed E-state index contributed by atoms with van der Waals surface area (Å²) in [5.74, 6) is -0.0404. The Morgan fingerprint density at radius 2 is 2.00 bits per heavy atom. The first-order valence-electron chi connectivity index (χ1n) is 5.94. The molecular weight excluding hydrogens is 344 g/mol. The number of nitrogens with one attached hydrogen (secondary N) is 2. The molecule has 0 radical (unpaired) electrons. The first-order valence-corrected chi connectivity index (χ1v) is 6.74. The van der Waals surface area contributed by atoms with Crippen LogP contribution in [0.3, 0.4) is 0 Å². The minimum Gasteiger partial charge on any atom is -0.493 e. The second kappa shape index (κ2) is 7.63. The first kappa shape index (κ1) is 17.0. The van der Waals surface area contributed by atoms with E-state index in [0.717, 1.165) is 0 Å². The topological polar surface area (TPSA) is 93.7 Å². The number of urea groups is 1. The number of hydrogen-bond donors (Lipinski definition) is 2. The third-order valence-electron chi connectivity index (χ3n) is 2.55. The molecule has 0 fully saturated rings. The maximum absolute atomic E-state index is 11.7. The van der Waals surface area contributed by atoms with Crippen LogP contribution in [0.4, 0.5) is 4.79 Å². The summed E-state index contributed by atoms with van der Waals surface area (Å²) in [6.45, 7) is 1.47. The molecule has 1 atom stereocenters. The molecule has 1 aromatic carbocycles. The van der Waals surface area contributed by atoms with E-state index >= 15 is 0 Å². The molecule has 0 saturated heterocycles. The molecule has 0 aliphatic rings. The van der Waals surface area contributed by atoms with E-state index in [9.17, 15) is 14.4 Å². The predicted molar refractivity (Wildman–Crippen MR) is 78.8 cm³/mol. The molecule has 0 aliphatic heterocycles. The minimum absolute atomic E-state index is 0.224. The molecule has 0 aromatic heterocycles. The lowest BCUT2D eigenvalue weighted by atomic mass is 10.2. The second-order valence-corrected chi connectivity index (χ2v) is 4.83. The zero-order chi connectivity index (χ0) is 16.0. The monoisotopic (exact) mass is 358 g/mol. The van der Waals surface area contributed by atoms with Gasteiger partial charge in [0.25, 0.3) is 5.91 Å². The number of benzene rings is 1. The summed E-state index contributed by atoms with van der Waals surface area (Å²) >= 11 is 3.22. The maximum atomic E-state index is 11.7. The molecule has 1 aromatic rings. The maximum Gasteiger partial charge on any atom is 0.321 e. The van der Waals surface area contributed by atoms with E-state index < -0.39 is 18.0 Å². The SMILES string of the molecule is CNC(=O)NC(=O)[C@H](C)Oc1cc(C=O)c(Br)cc1OC. The Balaban J connectivity index is 2.93. The van der Waals surface area contributed by atoms with E-state index in [0.29, 0.717) is 22.1 Å². The van der Waals surface area contributed by atoms with Gasteiger partial charge >= 0.3 is 6.03 Å². The van der Waals surface area contributed by atoms with E-state index in [2.05, 4.69) is 26.6 Å². The van der Waals surface area contributed by atoms with Gasteiger partial charge in [-0.2, -0.15) is 0 Å². The molecular formula is C13H15BrN2O5. The number of ether oxygens (including phenoxy) is 2. The number of carbonyl (C=O) groups is 3. The minimum atomic E-state index is -0.947. The smallest absolute Gasteiger partial charge is 0.321 e. The fourth-order valence-corrected chi connectivity index (χ4v) is 1.83. The Kier molecular flexibility index (Phi) is 6.16. The third kappa shape index (κ3) is 4.45. The summed E-state index contributed by atoms with van der Waals surface area (Å²) in [5, 5.41) is 4.35. The average molecular weight is 359 g/mol. The molecule has 3 amide bonds. The summed E-state index contributed by atoms with van der Waals surface area (Å²) in [4.78, 5) is 33.7. The largest absolute Gasteiger partial charge is 0.493 e. The summed E-state index contributed by atoms with van der Waals surface area (Å²) < 4.78 is 11.1. The van der Waals surface area contributed by atoms with Gasteiger partial charge < -0.3 is 14.8 Å². The van der Waals surface area contributed by atoms with Crippen LogP contribution in [-0.2, 0) is 4.79 Å². The highest BCUT2D eigenvalue weighted by atomic mass is 79.9. The Morgan fingerprint density at radius 1 is 1.33 bits per heavy atom. The van der Waals surface area contributed by atoms with Crippen molar-refractivity contribution in [2.45, 2.75) is 13.0 Å². The van der Waals surface area contributed by atoms with Crippen molar-refractivity contribution < 1.29 is 23.9 Å². The van der Waals surface area contributed by atoms with Crippen LogP contribution in [0.2, 0.25) is 0 Å². The fourth-order valence-electron chi connectivity index (χ4n) is 1.41. The van der Waals surface area contributed by atoms with Crippen molar-refractivity contribution in [2.75, 3.05) is 14.2 Å². The predicted octanol–water partition coefficient (Wildman–Crippen LogP) is 1.49. The van der Waals surface area contributed by atoms with Gasteiger partial charge in [0.05, 0.1) is 7.11 Å². The highest BCUT2D eigenvalue weighted by Gasteiger charge is 2.19. The van der Waals surface area contributed by atoms with E-state index in [-0.39, 0.29) is 5.75 Å². The van der Waals surface area contributed by atoms with E-state index in [1.807, 2.05) is 0 Å². The number of hydrogen-bond acceptors (Lipinski definition) is 5. The Morgan fingerprint density at radius 3 is 2.52 bits per heavy atom. The van der Waals surface area contributed by atoms with Crippen LogP contribution in [0.25, 0.3) is 0 Å². The normalized spacial score (nSPS) is 11.2. The number of amides is 3. The van der Waals surface area contributed by atoms with Crippen LogP contribution < -0.4 is 20.1 Å². The van der Waals surface area contributed by atoms with Crippen LogP contribution in [0.15, 0.2) is 16.6 Å². The van der Waals surface area contributed by atoms with Gasteiger partial charge in [-0.15, -0.1) is 0 Å². The highest BCUT2D eigenvalue weighted by Crippen LogP contribution is 2.33. The Labute approximate surface area is 130 Å². The van der Waals surface area contributed by atoms with Crippen LogP contribution in [0.5, 0.6) is 11.5 Å². The lowest BCUT2D eigenvalue weighted by Gasteiger charge is -2.17. The van der Waals surface area contributed by atoms with Gasteiger partial charge in [0.15, 0.2) is 23.9 Å². The molecule has 0 unspecified atom stereocenters. The van der Waals surface area contributed by atoms with Crippen LogP contribution >= 0.6 is 15.9 Å². The molecule has 7 nitrogen and oxygen atoms in total. The number of methoxy groups -OCH3 is 1. The number of carbonyl (C=O) groups excluding carboxylic acids is 3. The van der Waals surface area contributed by atoms with E-state index in [4.69, 9.17) is 9.47 Å². The number of aldehydes is 1. The van der Waals surface area contributed by atoms with Crippen molar-refractivity contribution >= 4 is 34.2 Å². The number of imide groups is 1. The van der Waals surface area contributed by atoms with Crippen molar-refractivity contribution in [1.82, 2.24) is 10.6 Å². The van der Waals surface area contributed by atoms with Crippen molar-refractivity contribution in [3.05, 3.63) is 22.2 Å². The molecule has 0 bridgehead atoms. The number of rotatable bonds is 5. The molecule has 0 heterocycles. The summed E-state index contributed by atoms with van der Waals surface area (Å²) in [6.07, 6.45) is -0.303. The van der Waals surface area contributed by atoms with Crippen molar-refractivity contribution in [1.29, 1.82) is 0 Å². The Hall–Kier alpha value is -2.09. The van der Waals surface area contributed by atoms with E-state index in [1.54, 1.807) is 6.07 Å². The van der Waals surface area contributed by atoms with Gasteiger partial charge in [0, 0.05) is 17.1 Å². The molecule has 114 valence electrons. The molecule has 21 heavy (non-hydrogen) atoms. The van der Waals surface area contributed by atoms with Crippen LogP contribution in [-0.4, -0.2) is 38.5 Å². The first-order chi connectivity index (χ1) is 9.92. The fraction of sp³-hybridized carbons (Fsp3) is 0.308. The quantitative estimate of drug-likeness (QED) is 0.777. The van der Waals surface area contributed by atoms with Crippen molar-refractivity contribution in [3.63, 3.8) is 0 Å². The molecule has 1 rings (SSSR count). The summed E-state index contributed by atoms with van der Waals surface area (Å²) in [7, 11) is 2.83. The summed E-state index contributed by atoms with van der Waals surface area (Å²) in [5.41, 5.74) is 0.352. The van der Waals surface area contributed by atoms with Gasteiger partial charge in [-0.05, 0) is 35.0 Å². The number of halogens is 1. The van der Waals surface area contributed by atoms with Crippen LogP contribution in [0.1, 0.15) is 17.3 Å². The van der Waals surface area contributed by atoms with Gasteiger partial charge in [0.2, 0.25) is 0 Å². The third-order valence-corrected chi connectivity index (χ3v) is 3.23. The van der Waals surface area contributed by atoms with E-state index in [1.165, 1.54) is 27.1 Å². The zero-order valence-electron chi connectivity index (χ0n) is 11.7. The standard InChI is InChI=1S/C13H15BrN2O5/c1-7(12(18)16-13(19)15-2)21-11-4-8(6-17)9(14)5-10(11)20-3/h4-7H,1-3H3,(H2,15,16,18,19)/t7-/m0/s1. The second-order valence-electron chi connectivity index (χ2n) is 3.97. The van der Waals surface area contributed by atoms with Gasteiger partial charge in [0.1, 0.15) is 0 Å². The lowest BCUT2D eigenvalue weighted by Crippen LogP contribution is -2.44. The zero-order valence-corrected chi connectivity index (χ0v) is 13.3. The van der Waals surface area contributed by atoms with Gasteiger partial charge in [-0.1, -0.05) is 0 Å². The highest BCUT2D eigenvalue weighted by molar-refractivity contribution is 9.10. The van der Waals surface area contributed by atoms with Crippen molar-refractivity contribution in [2.24, 2.45) is 0 Å². The van der Waals surface area contributed by atoms with Gasteiger partial charge in [-0.25, -0.2) is 4.79 Å². The lowest BCUT2D eigenvalue weighted by molar-refractivity contribution is -0.126.